The van der Waals surface area contributed by atoms with Gasteiger partial charge in [-0.15, -0.1) is 0 Å². The minimum Gasteiger partial charge on any atom is -0.480 e. The van der Waals surface area contributed by atoms with Gasteiger partial charge in [0.2, 0.25) is 11.8 Å². The molecule has 1 aliphatic carbocycles. The summed E-state index contributed by atoms with van der Waals surface area (Å²) in [5, 5.41) is 18.2. The van der Waals surface area contributed by atoms with Gasteiger partial charge in [-0.1, -0.05) is 19.0 Å². The van der Waals surface area contributed by atoms with Crippen molar-refractivity contribution in [1.29, 1.82) is 0 Å². The first kappa shape index (κ1) is 14.5. The molecule has 1 unspecified atom stereocenters. The molecule has 0 radical (unpaired) electrons. The van der Waals surface area contributed by atoms with E-state index in [0.717, 1.165) is 18.5 Å². The monoisotopic (exact) mass is 281 g/mol. The number of carboxylic acids is 1. The molecule has 0 aromatic carbocycles. The number of aromatic nitrogens is 1. The highest BCUT2D eigenvalue weighted by Gasteiger charge is 2.36. The zero-order chi connectivity index (χ0) is 14.7. The average molecular weight is 281 g/mol. The Balaban J connectivity index is 1.81. The summed E-state index contributed by atoms with van der Waals surface area (Å²) < 4.78 is 4.98. The molecule has 0 saturated heterocycles. The van der Waals surface area contributed by atoms with Gasteiger partial charge in [-0.25, -0.2) is 0 Å². The number of rotatable bonds is 7. The van der Waals surface area contributed by atoms with Crippen molar-refractivity contribution in [3.8, 4) is 0 Å². The summed E-state index contributed by atoms with van der Waals surface area (Å²) in [7, 11) is 0. The topological polar surface area (TPSA) is 104 Å². The van der Waals surface area contributed by atoms with Gasteiger partial charge < -0.3 is 9.63 Å². The van der Waals surface area contributed by atoms with Gasteiger partial charge in [0.15, 0.2) is 0 Å². The Morgan fingerprint density at radius 2 is 2.20 bits per heavy atom. The molecule has 1 heterocycles. The van der Waals surface area contributed by atoms with Crippen LogP contribution < -0.4 is 10.6 Å². The number of carbonyl (C=O) groups is 2. The Labute approximate surface area is 116 Å². The smallest absolute Gasteiger partial charge is 0.320 e. The standard InChI is InChI=1S/C13H19N3O4/c1-7(2)9-5-11(20-16-9)15-10(17)6-14-12(13(18)19)8-3-4-8/h5,7-8,12,14H,3-4,6H2,1-2H3,(H,15,17)(H,18,19). The molecule has 1 atom stereocenters. The van der Waals surface area contributed by atoms with Crippen molar-refractivity contribution in [3.05, 3.63) is 11.8 Å². The Hall–Kier alpha value is -1.89. The number of amides is 1. The van der Waals surface area contributed by atoms with Crippen LogP contribution >= 0.6 is 0 Å². The first-order valence-electron chi connectivity index (χ1n) is 6.70. The Bertz CT molecular complexity index is 494. The fourth-order valence-corrected chi connectivity index (χ4v) is 1.89. The molecule has 7 heteroatoms. The van der Waals surface area contributed by atoms with E-state index in [-0.39, 0.29) is 30.2 Å². The lowest BCUT2D eigenvalue weighted by Gasteiger charge is -2.12. The van der Waals surface area contributed by atoms with Crippen LogP contribution in [-0.4, -0.2) is 34.7 Å². The van der Waals surface area contributed by atoms with E-state index in [0.29, 0.717) is 0 Å². The van der Waals surface area contributed by atoms with E-state index in [1.807, 2.05) is 13.8 Å². The normalized spacial score (nSPS) is 16.1. The van der Waals surface area contributed by atoms with E-state index in [2.05, 4.69) is 15.8 Å². The fourth-order valence-electron chi connectivity index (χ4n) is 1.89. The lowest BCUT2D eigenvalue weighted by Crippen LogP contribution is -2.42. The average Bonchev–Trinajstić information content (AvgIpc) is 3.08. The summed E-state index contributed by atoms with van der Waals surface area (Å²) in [6.07, 6.45) is 1.79. The van der Waals surface area contributed by atoms with Crippen LogP contribution in [0.15, 0.2) is 10.6 Å². The van der Waals surface area contributed by atoms with Gasteiger partial charge in [0.1, 0.15) is 6.04 Å². The Morgan fingerprint density at radius 1 is 1.50 bits per heavy atom. The van der Waals surface area contributed by atoms with Crippen LogP contribution in [0.1, 0.15) is 38.3 Å². The number of nitrogens with zero attached hydrogens (tertiary/aromatic N) is 1. The second kappa shape index (κ2) is 6.04. The van der Waals surface area contributed by atoms with E-state index in [4.69, 9.17) is 9.63 Å². The van der Waals surface area contributed by atoms with Gasteiger partial charge in [-0.2, -0.15) is 0 Å². The van der Waals surface area contributed by atoms with Crippen LogP contribution in [0.2, 0.25) is 0 Å². The van der Waals surface area contributed by atoms with Gasteiger partial charge in [-0.3, -0.25) is 20.2 Å². The van der Waals surface area contributed by atoms with Crippen LogP contribution in [-0.2, 0) is 9.59 Å². The summed E-state index contributed by atoms with van der Waals surface area (Å²) in [5.74, 6) is -0.629. The second-order valence-electron chi connectivity index (χ2n) is 5.35. The third kappa shape index (κ3) is 3.80. The van der Waals surface area contributed by atoms with Gasteiger partial charge in [-0.05, 0) is 24.7 Å². The van der Waals surface area contributed by atoms with Crippen LogP contribution in [0.4, 0.5) is 5.88 Å². The maximum Gasteiger partial charge on any atom is 0.320 e. The number of hydrogen-bond acceptors (Lipinski definition) is 5. The first-order chi connectivity index (χ1) is 9.47. The van der Waals surface area contributed by atoms with E-state index in [1.54, 1.807) is 6.07 Å². The SMILES string of the molecule is CC(C)c1cc(NC(=O)CNC(C(=O)O)C2CC2)on1. The molecule has 1 aliphatic rings. The number of nitrogens with one attached hydrogen (secondary N) is 2. The van der Waals surface area contributed by atoms with Crippen molar-refractivity contribution < 1.29 is 19.2 Å². The quantitative estimate of drug-likeness (QED) is 0.693. The minimum absolute atomic E-state index is 0.0643. The maximum absolute atomic E-state index is 11.7. The molecule has 1 fully saturated rings. The first-order valence-corrected chi connectivity index (χ1v) is 6.70. The summed E-state index contributed by atoms with van der Waals surface area (Å²) in [6, 6.07) is 1.01. The number of hydrogen-bond donors (Lipinski definition) is 3. The molecule has 1 amide bonds. The predicted octanol–water partition coefficient (Wildman–Crippen LogP) is 1.19. The van der Waals surface area contributed by atoms with E-state index in [1.165, 1.54) is 0 Å². The highest BCUT2D eigenvalue weighted by atomic mass is 16.5. The molecule has 1 saturated carbocycles. The van der Waals surface area contributed by atoms with Crippen molar-refractivity contribution in [2.45, 2.75) is 38.6 Å². The largest absolute Gasteiger partial charge is 0.480 e. The summed E-state index contributed by atoms with van der Waals surface area (Å²) in [6.45, 7) is 3.88. The number of aliphatic carboxylic acids is 1. The van der Waals surface area contributed by atoms with Crippen LogP contribution in [0.25, 0.3) is 0 Å². The molecule has 0 spiro atoms. The van der Waals surface area contributed by atoms with Crippen LogP contribution in [0.5, 0.6) is 0 Å². The van der Waals surface area contributed by atoms with Gasteiger partial charge in [0.25, 0.3) is 0 Å². The van der Waals surface area contributed by atoms with Crippen molar-refractivity contribution in [2.75, 3.05) is 11.9 Å². The summed E-state index contributed by atoms with van der Waals surface area (Å²) >= 11 is 0. The molecule has 3 N–H and O–H groups in total. The zero-order valence-electron chi connectivity index (χ0n) is 11.5. The van der Waals surface area contributed by atoms with Crippen LogP contribution in [0, 0.1) is 5.92 Å². The van der Waals surface area contributed by atoms with Gasteiger partial charge >= 0.3 is 5.97 Å². The molecule has 2 rings (SSSR count). The van der Waals surface area contributed by atoms with E-state index >= 15 is 0 Å². The van der Waals surface area contributed by atoms with Gasteiger partial charge in [0, 0.05) is 6.07 Å². The van der Waals surface area contributed by atoms with E-state index in [9.17, 15) is 9.59 Å². The zero-order valence-corrected chi connectivity index (χ0v) is 11.5. The molecule has 20 heavy (non-hydrogen) atoms. The predicted molar refractivity (Wildman–Crippen MR) is 71.4 cm³/mol. The highest BCUT2D eigenvalue weighted by molar-refractivity contribution is 5.91. The van der Waals surface area contributed by atoms with Crippen molar-refractivity contribution in [2.24, 2.45) is 5.92 Å². The number of carbonyl (C=O) groups excluding carboxylic acids is 1. The molecular formula is C13H19N3O4. The number of anilines is 1. The molecule has 0 bridgehead atoms. The minimum atomic E-state index is -0.915. The Kier molecular flexibility index (Phi) is 4.39. The van der Waals surface area contributed by atoms with Crippen molar-refractivity contribution in [3.63, 3.8) is 0 Å². The molecular weight excluding hydrogens is 262 g/mol. The van der Waals surface area contributed by atoms with Crippen LogP contribution in [0.3, 0.4) is 0 Å². The van der Waals surface area contributed by atoms with Crippen molar-refractivity contribution >= 4 is 17.8 Å². The number of carboxylic acid groups (broad SMARTS) is 1. The summed E-state index contributed by atoms with van der Waals surface area (Å²) in [4.78, 5) is 22.7. The molecule has 1 aromatic heterocycles. The lowest BCUT2D eigenvalue weighted by atomic mass is 10.1. The summed E-state index contributed by atoms with van der Waals surface area (Å²) in [5.41, 5.74) is 0.759. The third-order valence-corrected chi connectivity index (χ3v) is 3.22. The molecule has 7 nitrogen and oxygen atoms in total. The lowest BCUT2D eigenvalue weighted by molar-refractivity contribution is -0.140. The maximum atomic E-state index is 11.7. The molecule has 1 aromatic rings. The van der Waals surface area contributed by atoms with Gasteiger partial charge in [0.05, 0.1) is 12.2 Å². The van der Waals surface area contributed by atoms with Crippen molar-refractivity contribution in [1.82, 2.24) is 10.5 Å². The third-order valence-electron chi connectivity index (χ3n) is 3.22. The highest BCUT2D eigenvalue weighted by Crippen LogP contribution is 2.32. The second-order valence-corrected chi connectivity index (χ2v) is 5.35. The van der Waals surface area contributed by atoms with E-state index < -0.39 is 12.0 Å². The molecule has 0 aliphatic heterocycles. The molecule has 110 valence electrons. The Morgan fingerprint density at radius 3 is 2.70 bits per heavy atom. The fraction of sp³-hybridized carbons (Fsp3) is 0.615.